The Morgan fingerprint density at radius 1 is 1.20 bits per heavy atom. The normalized spacial score (nSPS) is 10.2. The van der Waals surface area contributed by atoms with Crippen molar-refractivity contribution in [2.24, 2.45) is 0 Å². The van der Waals surface area contributed by atoms with Crippen LogP contribution in [0.3, 0.4) is 0 Å². The first kappa shape index (κ1) is 18.9. The predicted molar refractivity (Wildman–Crippen MR) is 99.9 cm³/mol. The van der Waals surface area contributed by atoms with Gasteiger partial charge in [0.2, 0.25) is 0 Å². The minimum Gasteiger partial charge on any atom is -0.484 e. The number of benzene rings is 1. The molecule has 25 heavy (non-hydrogen) atoms. The number of carbonyl (C=O) groups excluding carboxylic acids is 2. The molecular weight excluding hydrogens is 386 g/mol. The molecule has 0 spiro atoms. The molecule has 1 heterocycles. The molecule has 7 heteroatoms. The van der Waals surface area contributed by atoms with Gasteiger partial charge in [0.15, 0.2) is 6.61 Å². The maximum atomic E-state index is 12.8. The fourth-order valence-corrected chi connectivity index (χ4v) is 2.32. The minimum absolute atomic E-state index is 0.0730. The van der Waals surface area contributed by atoms with E-state index in [1.807, 2.05) is 13.0 Å². The third-order valence-electron chi connectivity index (χ3n) is 3.49. The van der Waals surface area contributed by atoms with Crippen molar-refractivity contribution in [3.05, 3.63) is 52.6 Å². The van der Waals surface area contributed by atoms with Gasteiger partial charge in [0.05, 0.1) is 0 Å². The summed E-state index contributed by atoms with van der Waals surface area (Å²) < 4.78 is 6.32. The lowest BCUT2D eigenvalue weighted by molar-refractivity contribution is -0.130. The van der Waals surface area contributed by atoms with E-state index in [9.17, 15) is 9.59 Å². The number of rotatable bonds is 6. The molecule has 2 rings (SSSR count). The van der Waals surface area contributed by atoms with Crippen LogP contribution in [0.1, 0.15) is 17.3 Å². The van der Waals surface area contributed by atoms with Gasteiger partial charge in [-0.15, -0.1) is 0 Å². The second-order valence-corrected chi connectivity index (χ2v) is 6.40. The van der Waals surface area contributed by atoms with Gasteiger partial charge in [-0.25, -0.2) is 4.98 Å². The second kappa shape index (κ2) is 8.62. The molecule has 1 aromatic carbocycles. The summed E-state index contributed by atoms with van der Waals surface area (Å²) in [5.41, 5.74) is 0.473. The average molecular weight is 406 g/mol. The number of aromatic nitrogens is 1. The molecule has 0 radical (unpaired) electrons. The van der Waals surface area contributed by atoms with Gasteiger partial charge in [-0.1, -0.05) is 6.07 Å². The zero-order chi connectivity index (χ0) is 18.4. The number of halogens is 1. The maximum Gasteiger partial charge on any atom is 0.259 e. The lowest BCUT2D eigenvalue weighted by Crippen LogP contribution is -2.31. The molecule has 0 aliphatic heterocycles. The lowest BCUT2D eigenvalue weighted by atomic mass is 10.2. The number of amides is 2. The summed E-state index contributed by atoms with van der Waals surface area (Å²) in [5, 5.41) is 0. The maximum absolute atomic E-state index is 12.8. The van der Waals surface area contributed by atoms with E-state index in [0.29, 0.717) is 23.7 Å². The molecule has 6 nitrogen and oxygen atoms in total. The van der Waals surface area contributed by atoms with Gasteiger partial charge in [0.25, 0.3) is 11.8 Å². The summed E-state index contributed by atoms with van der Waals surface area (Å²) >= 11 is 3.33. The van der Waals surface area contributed by atoms with Crippen molar-refractivity contribution < 1.29 is 14.3 Å². The fourth-order valence-electron chi connectivity index (χ4n) is 2.09. The molecule has 0 fully saturated rings. The molecular formula is C18H20BrN3O3. The summed E-state index contributed by atoms with van der Waals surface area (Å²) in [7, 11) is 3.33. The molecule has 0 aliphatic rings. The van der Waals surface area contributed by atoms with Gasteiger partial charge in [-0.3, -0.25) is 14.5 Å². The van der Waals surface area contributed by atoms with Crippen LogP contribution in [-0.2, 0) is 4.79 Å². The molecule has 132 valence electrons. The fraction of sp³-hybridized carbons (Fsp3) is 0.278. The first-order valence-corrected chi connectivity index (χ1v) is 8.58. The highest BCUT2D eigenvalue weighted by Gasteiger charge is 2.18. The molecule has 0 saturated carbocycles. The van der Waals surface area contributed by atoms with Crippen LogP contribution in [0.2, 0.25) is 0 Å². The summed E-state index contributed by atoms with van der Waals surface area (Å²) in [5.74, 6) is 0.721. The molecule has 0 saturated heterocycles. The SMILES string of the molecule is CCN(C(=O)c1cccc(OCC(=O)N(C)C)c1)c1ccc(Br)cn1. The Morgan fingerprint density at radius 3 is 2.56 bits per heavy atom. The molecule has 1 aromatic heterocycles. The van der Waals surface area contributed by atoms with Crippen molar-refractivity contribution in [1.29, 1.82) is 0 Å². The van der Waals surface area contributed by atoms with Gasteiger partial charge in [0, 0.05) is 36.9 Å². The van der Waals surface area contributed by atoms with Crippen molar-refractivity contribution >= 4 is 33.6 Å². The summed E-state index contributed by atoms with van der Waals surface area (Å²) in [6.07, 6.45) is 1.65. The Kier molecular flexibility index (Phi) is 6.52. The standard InChI is InChI=1S/C18H20BrN3O3/c1-4-22(16-9-8-14(19)11-20-16)18(24)13-6-5-7-15(10-13)25-12-17(23)21(2)3/h5-11H,4,12H2,1-3H3. The number of pyridine rings is 1. The number of likely N-dealkylation sites (N-methyl/N-ethyl adjacent to an activating group) is 1. The van der Waals surface area contributed by atoms with Crippen LogP contribution < -0.4 is 9.64 Å². The Balaban J connectivity index is 2.16. The van der Waals surface area contributed by atoms with Crippen molar-refractivity contribution in [1.82, 2.24) is 9.88 Å². The van der Waals surface area contributed by atoms with Gasteiger partial charge in [0.1, 0.15) is 11.6 Å². The van der Waals surface area contributed by atoms with Crippen LogP contribution in [0, 0.1) is 0 Å². The molecule has 2 aromatic rings. The topological polar surface area (TPSA) is 62.7 Å². The average Bonchev–Trinajstić information content (AvgIpc) is 2.61. The van der Waals surface area contributed by atoms with E-state index in [-0.39, 0.29) is 18.4 Å². The number of nitrogens with zero attached hydrogens (tertiary/aromatic N) is 3. The predicted octanol–water partition coefficient (Wildman–Crippen LogP) is 2.98. The Labute approximate surface area is 155 Å². The molecule has 0 N–H and O–H groups in total. The van der Waals surface area contributed by atoms with Crippen molar-refractivity contribution in [3.63, 3.8) is 0 Å². The van der Waals surface area contributed by atoms with E-state index in [1.54, 1.807) is 55.5 Å². The highest BCUT2D eigenvalue weighted by Crippen LogP contribution is 2.20. The van der Waals surface area contributed by atoms with Crippen molar-refractivity contribution in [3.8, 4) is 5.75 Å². The lowest BCUT2D eigenvalue weighted by Gasteiger charge is -2.20. The van der Waals surface area contributed by atoms with Crippen LogP contribution in [0.25, 0.3) is 0 Å². The second-order valence-electron chi connectivity index (χ2n) is 5.49. The monoisotopic (exact) mass is 405 g/mol. The van der Waals surface area contributed by atoms with E-state index >= 15 is 0 Å². The van der Waals surface area contributed by atoms with Crippen LogP contribution >= 0.6 is 15.9 Å². The molecule has 0 aliphatic carbocycles. The number of ether oxygens (including phenoxy) is 1. The third kappa shape index (κ3) is 5.03. The van der Waals surface area contributed by atoms with Gasteiger partial charge in [-0.2, -0.15) is 0 Å². The number of anilines is 1. The number of hydrogen-bond donors (Lipinski definition) is 0. The van der Waals surface area contributed by atoms with E-state index < -0.39 is 0 Å². The number of carbonyl (C=O) groups is 2. The summed E-state index contributed by atoms with van der Waals surface area (Å²) in [6.45, 7) is 2.30. The summed E-state index contributed by atoms with van der Waals surface area (Å²) in [4.78, 5) is 31.7. The van der Waals surface area contributed by atoms with Crippen molar-refractivity contribution in [2.45, 2.75) is 6.92 Å². The van der Waals surface area contributed by atoms with Crippen LogP contribution in [0.5, 0.6) is 5.75 Å². The van der Waals surface area contributed by atoms with Gasteiger partial charge in [-0.05, 0) is 53.2 Å². The molecule has 0 bridgehead atoms. The van der Waals surface area contributed by atoms with Crippen LogP contribution in [-0.4, -0.2) is 48.9 Å². The molecule has 2 amide bonds. The first-order chi connectivity index (χ1) is 11.9. The Bertz CT molecular complexity index is 747. The van der Waals surface area contributed by atoms with Crippen LogP contribution in [0.15, 0.2) is 47.1 Å². The highest BCUT2D eigenvalue weighted by molar-refractivity contribution is 9.10. The van der Waals surface area contributed by atoms with E-state index in [0.717, 1.165) is 4.47 Å². The van der Waals surface area contributed by atoms with E-state index in [2.05, 4.69) is 20.9 Å². The Morgan fingerprint density at radius 2 is 1.96 bits per heavy atom. The van der Waals surface area contributed by atoms with E-state index in [4.69, 9.17) is 4.74 Å². The van der Waals surface area contributed by atoms with Gasteiger partial charge < -0.3 is 9.64 Å². The highest BCUT2D eigenvalue weighted by atomic mass is 79.9. The van der Waals surface area contributed by atoms with Crippen molar-refractivity contribution in [2.75, 3.05) is 32.1 Å². The van der Waals surface area contributed by atoms with E-state index in [1.165, 1.54) is 4.90 Å². The first-order valence-electron chi connectivity index (χ1n) is 7.78. The zero-order valence-electron chi connectivity index (χ0n) is 14.4. The third-order valence-corrected chi connectivity index (χ3v) is 3.96. The summed E-state index contributed by atoms with van der Waals surface area (Å²) in [6, 6.07) is 10.4. The number of hydrogen-bond acceptors (Lipinski definition) is 4. The van der Waals surface area contributed by atoms with Gasteiger partial charge >= 0.3 is 0 Å². The largest absolute Gasteiger partial charge is 0.484 e. The minimum atomic E-state index is -0.179. The molecule has 0 atom stereocenters. The Hall–Kier alpha value is -2.41. The zero-order valence-corrected chi connectivity index (χ0v) is 16.0. The molecule has 0 unspecified atom stereocenters. The smallest absolute Gasteiger partial charge is 0.259 e. The van der Waals surface area contributed by atoms with Crippen LogP contribution in [0.4, 0.5) is 5.82 Å². The quantitative estimate of drug-likeness (QED) is 0.740.